The first-order valence-corrected chi connectivity index (χ1v) is 5.34. The fourth-order valence-corrected chi connectivity index (χ4v) is 1.41. The molecule has 0 saturated heterocycles. The summed E-state index contributed by atoms with van der Waals surface area (Å²) in [6.45, 7) is 1.12. The van der Waals surface area contributed by atoms with Crippen LogP contribution in [0, 0.1) is 5.92 Å². The predicted molar refractivity (Wildman–Crippen MR) is 61.2 cm³/mol. The lowest BCUT2D eigenvalue weighted by molar-refractivity contribution is 0.201. The molecule has 15 heavy (non-hydrogen) atoms. The molecule has 3 nitrogen and oxygen atoms in total. The zero-order chi connectivity index (χ0) is 11.1. The summed E-state index contributed by atoms with van der Waals surface area (Å²) in [7, 11) is 0. The second-order valence-corrected chi connectivity index (χ2v) is 3.76. The smallest absolute Gasteiger partial charge is 0.137 e. The first-order chi connectivity index (χ1) is 7.27. The fraction of sp³-hybridized carbons (Fsp3) is 0.455. The zero-order valence-electron chi connectivity index (χ0n) is 8.53. The highest BCUT2D eigenvalue weighted by atomic mass is 35.5. The molecule has 0 bridgehead atoms. The monoisotopic (exact) mass is 229 g/mol. The summed E-state index contributed by atoms with van der Waals surface area (Å²) in [5, 5.41) is 9.38. The molecule has 4 heteroatoms. The van der Waals surface area contributed by atoms with Gasteiger partial charge in [0.25, 0.3) is 0 Å². The summed E-state index contributed by atoms with van der Waals surface area (Å²) in [6, 6.07) is 7.31. The minimum absolute atomic E-state index is 0.133. The van der Waals surface area contributed by atoms with Crippen molar-refractivity contribution in [2.24, 2.45) is 11.7 Å². The lowest BCUT2D eigenvalue weighted by Crippen LogP contribution is -2.22. The number of benzene rings is 1. The Morgan fingerprint density at radius 1 is 1.40 bits per heavy atom. The number of nitrogens with two attached hydrogens (primary N) is 1. The van der Waals surface area contributed by atoms with Gasteiger partial charge < -0.3 is 15.6 Å². The molecule has 0 aliphatic carbocycles. The molecule has 0 fully saturated rings. The summed E-state index contributed by atoms with van der Waals surface area (Å²) >= 11 is 5.92. The molecule has 0 amide bonds. The molecule has 1 unspecified atom stereocenters. The van der Waals surface area contributed by atoms with E-state index in [1.165, 1.54) is 0 Å². The van der Waals surface area contributed by atoms with E-state index in [1.807, 2.05) is 18.2 Å². The number of aliphatic hydroxyl groups is 1. The quantitative estimate of drug-likeness (QED) is 0.781. The van der Waals surface area contributed by atoms with E-state index >= 15 is 0 Å². The molecule has 0 aromatic heterocycles. The highest BCUT2D eigenvalue weighted by Crippen LogP contribution is 2.23. The van der Waals surface area contributed by atoms with Crippen LogP contribution < -0.4 is 10.5 Å². The third-order valence-corrected chi connectivity index (χ3v) is 2.49. The van der Waals surface area contributed by atoms with Gasteiger partial charge in [-0.25, -0.2) is 0 Å². The highest BCUT2D eigenvalue weighted by Gasteiger charge is 2.08. The van der Waals surface area contributed by atoms with E-state index < -0.39 is 0 Å². The first-order valence-electron chi connectivity index (χ1n) is 4.96. The minimum Gasteiger partial charge on any atom is -0.492 e. The van der Waals surface area contributed by atoms with Crippen molar-refractivity contribution in [2.75, 3.05) is 19.8 Å². The molecule has 1 atom stereocenters. The van der Waals surface area contributed by atoms with Crippen LogP contribution in [0.25, 0.3) is 0 Å². The molecule has 84 valence electrons. The Balaban J connectivity index is 2.45. The lowest BCUT2D eigenvalue weighted by atomic mass is 10.1. The molecule has 0 radical (unpaired) electrons. The Bertz CT molecular complexity index is 294. The molecule has 1 aromatic rings. The number of rotatable bonds is 6. The van der Waals surface area contributed by atoms with Crippen LogP contribution >= 0.6 is 11.6 Å². The van der Waals surface area contributed by atoms with Crippen LogP contribution in [0.15, 0.2) is 24.3 Å². The molecular formula is C11H16ClNO2. The van der Waals surface area contributed by atoms with E-state index in [1.54, 1.807) is 6.07 Å². The normalized spacial score (nSPS) is 12.5. The second-order valence-electron chi connectivity index (χ2n) is 3.36. The number of ether oxygens (including phenoxy) is 1. The number of halogens is 1. The van der Waals surface area contributed by atoms with E-state index in [2.05, 4.69) is 0 Å². The number of hydrogen-bond acceptors (Lipinski definition) is 3. The minimum atomic E-state index is 0.133. The maximum atomic E-state index is 8.78. The summed E-state index contributed by atoms with van der Waals surface area (Å²) in [5.41, 5.74) is 5.54. The van der Waals surface area contributed by atoms with Gasteiger partial charge in [0.2, 0.25) is 0 Å². The van der Waals surface area contributed by atoms with Crippen LogP contribution in [0.2, 0.25) is 5.02 Å². The van der Waals surface area contributed by atoms with Gasteiger partial charge in [0.1, 0.15) is 5.75 Å². The lowest BCUT2D eigenvalue weighted by Gasteiger charge is -2.15. The van der Waals surface area contributed by atoms with Crippen molar-refractivity contribution in [3.05, 3.63) is 29.3 Å². The van der Waals surface area contributed by atoms with Gasteiger partial charge >= 0.3 is 0 Å². The van der Waals surface area contributed by atoms with Gasteiger partial charge in [-0.2, -0.15) is 0 Å². The van der Waals surface area contributed by atoms with Gasteiger partial charge in [-0.1, -0.05) is 23.7 Å². The summed E-state index contributed by atoms with van der Waals surface area (Å²) in [5.74, 6) is 0.835. The topological polar surface area (TPSA) is 55.5 Å². The van der Waals surface area contributed by atoms with Crippen molar-refractivity contribution in [2.45, 2.75) is 6.42 Å². The molecule has 1 aromatic carbocycles. The summed E-state index contributed by atoms with van der Waals surface area (Å²) in [4.78, 5) is 0. The van der Waals surface area contributed by atoms with E-state index in [0.29, 0.717) is 30.3 Å². The average molecular weight is 230 g/mol. The van der Waals surface area contributed by atoms with Gasteiger partial charge in [0.15, 0.2) is 0 Å². The summed E-state index contributed by atoms with van der Waals surface area (Å²) < 4.78 is 5.52. The highest BCUT2D eigenvalue weighted by molar-refractivity contribution is 6.32. The van der Waals surface area contributed by atoms with E-state index in [0.717, 1.165) is 0 Å². The molecule has 0 heterocycles. The van der Waals surface area contributed by atoms with Gasteiger partial charge in [-0.3, -0.25) is 0 Å². The van der Waals surface area contributed by atoms with Crippen LogP contribution in [0.5, 0.6) is 5.75 Å². The van der Waals surface area contributed by atoms with E-state index in [4.69, 9.17) is 27.2 Å². The molecule has 1 rings (SSSR count). The zero-order valence-corrected chi connectivity index (χ0v) is 9.28. The third-order valence-electron chi connectivity index (χ3n) is 2.18. The van der Waals surface area contributed by atoms with Crippen molar-refractivity contribution in [1.29, 1.82) is 0 Å². The Labute approximate surface area is 94.8 Å². The average Bonchev–Trinajstić information content (AvgIpc) is 2.26. The molecule has 0 spiro atoms. The third kappa shape index (κ3) is 4.08. The Morgan fingerprint density at radius 2 is 2.13 bits per heavy atom. The van der Waals surface area contributed by atoms with Crippen molar-refractivity contribution in [3.8, 4) is 5.75 Å². The number of aliphatic hydroxyl groups excluding tert-OH is 1. The van der Waals surface area contributed by atoms with Crippen molar-refractivity contribution < 1.29 is 9.84 Å². The van der Waals surface area contributed by atoms with Gasteiger partial charge in [-0.05, 0) is 25.1 Å². The van der Waals surface area contributed by atoms with Crippen molar-refractivity contribution in [1.82, 2.24) is 0 Å². The van der Waals surface area contributed by atoms with E-state index in [-0.39, 0.29) is 12.5 Å². The van der Waals surface area contributed by atoms with Crippen molar-refractivity contribution in [3.63, 3.8) is 0 Å². The van der Waals surface area contributed by atoms with E-state index in [9.17, 15) is 0 Å². The van der Waals surface area contributed by atoms with Crippen LogP contribution in [0.3, 0.4) is 0 Å². The maximum Gasteiger partial charge on any atom is 0.137 e. The van der Waals surface area contributed by atoms with Gasteiger partial charge in [-0.15, -0.1) is 0 Å². The van der Waals surface area contributed by atoms with Crippen LogP contribution in [0.4, 0.5) is 0 Å². The SMILES string of the molecule is NCC(CCO)COc1ccccc1Cl. The van der Waals surface area contributed by atoms with Crippen LogP contribution in [0.1, 0.15) is 6.42 Å². The predicted octanol–water partition coefficient (Wildman–Crippen LogP) is 1.68. The molecule has 3 N–H and O–H groups in total. The van der Waals surface area contributed by atoms with Crippen LogP contribution in [-0.4, -0.2) is 24.9 Å². The fourth-order valence-electron chi connectivity index (χ4n) is 1.22. The molecular weight excluding hydrogens is 214 g/mol. The van der Waals surface area contributed by atoms with Gasteiger partial charge in [0, 0.05) is 12.5 Å². The molecule has 0 saturated carbocycles. The Morgan fingerprint density at radius 3 is 2.73 bits per heavy atom. The molecule has 0 aliphatic heterocycles. The standard InChI is InChI=1S/C11H16ClNO2/c12-10-3-1-2-4-11(10)15-8-9(7-13)5-6-14/h1-4,9,14H,5-8,13H2. The van der Waals surface area contributed by atoms with Crippen molar-refractivity contribution >= 4 is 11.6 Å². The molecule has 0 aliphatic rings. The Kier molecular flexibility index (Phi) is 5.47. The Hall–Kier alpha value is -0.770. The number of hydrogen-bond donors (Lipinski definition) is 2. The first kappa shape index (κ1) is 12.3. The second kappa shape index (κ2) is 6.67. The summed E-state index contributed by atoms with van der Waals surface area (Å²) in [6.07, 6.45) is 0.654. The van der Waals surface area contributed by atoms with Crippen LogP contribution in [-0.2, 0) is 0 Å². The van der Waals surface area contributed by atoms with Gasteiger partial charge in [0.05, 0.1) is 11.6 Å². The largest absolute Gasteiger partial charge is 0.492 e. The number of para-hydroxylation sites is 1. The maximum absolute atomic E-state index is 8.78.